The predicted molar refractivity (Wildman–Crippen MR) is 67.4 cm³/mol. The highest BCUT2D eigenvalue weighted by molar-refractivity contribution is 6.01. The summed E-state index contributed by atoms with van der Waals surface area (Å²) in [5.74, 6) is -0.997. The van der Waals surface area contributed by atoms with Crippen LogP contribution in [0.2, 0.25) is 0 Å². The minimum Gasteiger partial charge on any atom is -0.390 e. The molecule has 2 aromatic rings. The van der Waals surface area contributed by atoms with E-state index in [0.29, 0.717) is 0 Å². The monoisotopic (exact) mass is 297 g/mol. The standard InChI is InChI=1S/C13H10F3N3O2/c14-13(15,16)8-2-1-3-9(6-8)19-12(21)11-17-5-4-10(7-20)18-11/h1-6,20H,7H2,(H,19,21). The summed E-state index contributed by atoms with van der Waals surface area (Å²) in [4.78, 5) is 19.3. The van der Waals surface area contributed by atoms with Gasteiger partial charge in [0.1, 0.15) is 0 Å². The largest absolute Gasteiger partial charge is 0.416 e. The Hall–Kier alpha value is -2.48. The third-order valence-electron chi connectivity index (χ3n) is 2.53. The molecule has 110 valence electrons. The molecule has 0 saturated heterocycles. The van der Waals surface area contributed by atoms with E-state index < -0.39 is 17.6 Å². The van der Waals surface area contributed by atoms with Gasteiger partial charge in [-0.05, 0) is 24.3 Å². The van der Waals surface area contributed by atoms with Crippen molar-refractivity contribution in [2.24, 2.45) is 0 Å². The van der Waals surface area contributed by atoms with Gasteiger partial charge in [0.15, 0.2) is 0 Å². The second-order valence-corrected chi connectivity index (χ2v) is 4.06. The van der Waals surface area contributed by atoms with Crippen molar-refractivity contribution in [3.05, 3.63) is 53.6 Å². The van der Waals surface area contributed by atoms with Crippen LogP contribution in [-0.2, 0) is 12.8 Å². The maximum absolute atomic E-state index is 12.6. The molecule has 0 radical (unpaired) electrons. The van der Waals surface area contributed by atoms with Crippen molar-refractivity contribution < 1.29 is 23.1 Å². The van der Waals surface area contributed by atoms with E-state index in [9.17, 15) is 18.0 Å². The van der Waals surface area contributed by atoms with E-state index in [-0.39, 0.29) is 23.8 Å². The molecule has 1 aromatic heterocycles. The molecule has 0 fully saturated rings. The third kappa shape index (κ3) is 3.76. The Morgan fingerprint density at radius 3 is 2.71 bits per heavy atom. The van der Waals surface area contributed by atoms with E-state index in [4.69, 9.17) is 5.11 Å². The smallest absolute Gasteiger partial charge is 0.390 e. The number of carbonyl (C=O) groups excluding carboxylic acids is 1. The third-order valence-corrected chi connectivity index (χ3v) is 2.53. The van der Waals surface area contributed by atoms with Crippen LogP contribution in [0.3, 0.4) is 0 Å². The number of rotatable bonds is 3. The van der Waals surface area contributed by atoms with Crippen molar-refractivity contribution in [2.75, 3.05) is 5.32 Å². The Bertz CT molecular complexity index is 659. The highest BCUT2D eigenvalue weighted by atomic mass is 19.4. The zero-order chi connectivity index (χ0) is 15.5. The fourth-order valence-electron chi connectivity index (χ4n) is 1.55. The molecule has 2 N–H and O–H groups in total. The summed E-state index contributed by atoms with van der Waals surface area (Å²) in [6.45, 7) is -0.369. The number of nitrogens with one attached hydrogen (secondary N) is 1. The van der Waals surface area contributed by atoms with Gasteiger partial charge < -0.3 is 10.4 Å². The lowest BCUT2D eigenvalue weighted by Crippen LogP contribution is -2.17. The van der Waals surface area contributed by atoms with Gasteiger partial charge in [0, 0.05) is 11.9 Å². The highest BCUT2D eigenvalue weighted by Crippen LogP contribution is 2.30. The summed E-state index contributed by atoms with van der Waals surface area (Å²) in [5, 5.41) is 11.2. The first-order chi connectivity index (χ1) is 9.90. The molecule has 0 saturated carbocycles. The number of hydrogen-bond acceptors (Lipinski definition) is 4. The molecule has 21 heavy (non-hydrogen) atoms. The molecule has 5 nitrogen and oxygen atoms in total. The van der Waals surface area contributed by atoms with Crippen LogP contribution in [0.25, 0.3) is 0 Å². The van der Waals surface area contributed by atoms with Gasteiger partial charge in [-0.1, -0.05) is 6.07 Å². The van der Waals surface area contributed by atoms with E-state index in [1.165, 1.54) is 24.4 Å². The first kappa shape index (κ1) is 14.9. The van der Waals surface area contributed by atoms with E-state index >= 15 is 0 Å². The Morgan fingerprint density at radius 1 is 1.29 bits per heavy atom. The van der Waals surface area contributed by atoms with Crippen LogP contribution < -0.4 is 5.32 Å². The lowest BCUT2D eigenvalue weighted by atomic mass is 10.2. The number of benzene rings is 1. The second kappa shape index (κ2) is 5.88. The SMILES string of the molecule is O=C(Nc1cccc(C(F)(F)F)c1)c1nccc(CO)n1. The van der Waals surface area contributed by atoms with E-state index in [1.54, 1.807) is 0 Å². The van der Waals surface area contributed by atoms with Gasteiger partial charge in [-0.3, -0.25) is 4.79 Å². The zero-order valence-corrected chi connectivity index (χ0v) is 10.6. The molecule has 0 aliphatic rings. The van der Waals surface area contributed by atoms with E-state index in [1.807, 2.05) is 0 Å². The number of alkyl halides is 3. The molecule has 1 amide bonds. The van der Waals surface area contributed by atoms with Crippen molar-refractivity contribution in [3.8, 4) is 0 Å². The second-order valence-electron chi connectivity index (χ2n) is 4.06. The number of anilines is 1. The van der Waals surface area contributed by atoms with E-state index in [0.717, 1.165) is 12.1 Å². The molecule has 0 bridgehead atoms. The number of aliphatic hydroxyl groups is 1. The van der Waals surface area contributed by atoms with Gasteiger partial charge in [-0.25, -0.2) is 9.97 Å². The first-order valence-electron chi connectivity index (χ1n) is 5.81. The van der Waals surface area contributed by atoms with Crippen LogP contribution in [-0.4, -0.2) is 21.0 Å². The maximum Gasteiger partial charge on any atom is 0.416 e. The van der Waals surface area contributed by atoms with Crippen LogP contribution in [0.4, 0.5) is 18.9 Å². The van der Waals surface area contributed by atoms with Gasteiger partial charge in [-0.15, -0.1) is 0 Å². The lowest BCUT2D eigenvalue weighted by Gasteiger charge is -2.09. The van der Waals surface area contributed by atoms with Crippen molar-refractivity contribution in [1.82, 2.24) is 9.97 Å². The number of amides is 1. The van der Waals surface area contributed by atoms with Gasteiger partial charge in [0.2, 0.25) is 5.82 Å². The van der Waals surface area contributed by atoms with E-state index in [2.05, 4.69) is 15.3 Å². The number of hydrogen-bond donors (Lipinski definition) is 2. The van der Waals surface area contributed by atoms with Crippen molar-refractivity contribution in [2.45, 2.75) is 12.8 Å². The maximum atomic E-state index is 12.6. The van der Waals surface area contributed by atoms with Gasteiger partial charge >= 0.3 is 6.18 Å². The minimum atomic E-state index is -4.49. The Kier molecular flexibility index (Phi) is 4.18. The van der Waals surface area contributed by atoms with Crippen molar-refractivity contribution in [3.63, 3.8) is 0 Å². The summed E-state index contributed by atoms with van der Waals surface area (Å²) in [6, 6.07) is 5.64. The predicted octanol–water partition coefficient (Wildman–Crippen LogP) is 2.24. The average Bonchev–Trinajstić information content (AvgIpc) is 2.46. The van der Waals surface area contributed by atoms with Gasteiger partial charge in [-0.2, -0.15) is 13.2 Å². The summed E-state index contributed by atoms with van der Waals surface area (Å²) in [5.41, 5.74) is -0.655. The van der Waals surface area contributed by atoms with Crippen LogP contribution in [0, 0.1) is 0 Å². The average molecular weight is 297 g/mol. The number of nitrogens with zero attached hydrogens (tertiary/aromatic N) is 2. The molecule has 0 aliphatic heterocycles. The number of aliphatic hydroxyl groups excluding tert-OH is 1. The van der Waals surface area contributed by atoms with Gasteiger partial charge in [0.25, 0.3) is 5.91 Å². The molecular weight excluding hydrogens is 287 g/mol. The fourth-order valence-corrected chi connectivity index (χ4v) is 1.55. The minimum absolute atomic E-state index is 0.0205. The normalized spacial score (nSPS) is 11.2. The molecule has 0 unspecified atom stereocenters. The molecule has 8 heteroatoms. The summed E-state index contributed by atoms with van der Waals surface area (Å²) >= 11 is 0. The molecule has 1 heterocycles. The van der Waals surface area contributed by atoms with Crippen molar-refractivity contribution >= 4 is 11.6 Å². The molecule has 2 rings (SSSR count). The van der Waals surface area contributed by atoms with Crippen LogP contribution in [0.1, 0.15) is 21.9 Å². The molecular formula is C13H10F3N3O2. The lowest BCUT2D eigenvalue weighted by molar-refractivity contribution is -0.137. The summed E-state index contributed by atoms with van der Waals surface area (Å²) in [7, 11) is 0. The number of aromatic nitrogens is 2. The molecule has 1 aromatic carbocycles. The van der Waals surface area contributed by atoms with Crippen LogP contribution >= 0.6 is 0 Å². The Labute approximate surface area is 117 Å². The van der Waals surface area contributed by atoms with Crippen LogP contribution in [0.5, 0.6) is 0 Å². The number of halogens is 3. The topological polar surface area (TPSA) is 75.1 Å². The molecule has 0 aliphatic carbocycles. The van der Waals surface area contributed by atoms with Crippen molar-refractivity contribution in [1.29, 1.82) is 0 Å². The Morgan fingerprint density at radius 2 is 2.05 bits per heavy atom. The quantitative estimate of drug-likeness (QED) is 0.911. The number of carbonyl (C=O) groups is 1. The summed E-state index contributed by atoms with van der Waals surface area (Å²) in [6.07, 6.45) is -3.21. The summed E-state index contributed by atoms with van der Waals surface area (Å²) < 4.78 is 37.7. The first-order valence-corrected chi connectivity index (χ1v) is 5.81. The Balaban J connectivity index is 2.19. The molecule has 0 spiro atoms. The zero-order valence-electron chi connectivity index (χ0n) is 10.6. The van der Waals surface area contributed by atoms with Crippen LogP contribution in [0.15, 0.2) is 36.5 Å². The highest BCUT2D eigenvalue weighted by Gasteiger charge is 2.30. The van der Waals surface area contributed by atoms with Gasteiger partial charge in [0.05, 0.1) is 17.9 Å². The molecule has 0 atom stereocenters. The fraction of sp³-hybridized carbons (Fsp3) is 0.154.